The number of carbonyl (C=O) groups excluding carboxylic acids is 3. The maximum atomic E-state index is 13.8. The number of amides is 3. The number of para-hydroxylation sites is 2. The van der Waals surface area contributed by atoms with Crippen molar-refractivity contribution in [2.75, 3.05) is 23.1 Å². The summed E-state index contributed by atoms with van der Waals surface area (Å²) in [6, 6.07) is 23.3. The number of rotatable bonds is 7. The first kappa shape index (κ1) is 25.0. The van der Waals surface area contributed by atoms with E-state index < -0.39 is 5.44 Å². The molecule has 0 N–H and O–H groups in total. The van der Waals surface area contributed by atoms with E-state index >= 15 is 0 Å². The van der Waals surface area contributed by atoms with Gasteiger partial charge in [0.15, 0.2) is 5.44 Å². The van der Waals surface area contributed by atoms with E-state index in [9.17, 15) is 14.4 Å². The first-order valence-electron chi connectivity index (χ1n) is 12.3. The number of fused-ring (bicyclic) bond motifs is 1. The van der Waals surface area contributed by atoms with Gasteiger partial charge in [-0.15, -0.1) is 0 Å². The Labute approximate surface area is 221 Å². The van der Waals surface area contributed by atoms with E-state index in [-0.39, 0.29) is 29.5 Å². The molecule has 1 unspecified atom stereocenters. The normalized spacial score (nSPS) is 17.7. The summed E-state index contributed by atoms with van der Waals surface area (Å²) < 4.78 is 5.67. The lowest BCUT2D eigenvalue weighted by Crippen LogP contribution is -2.45. The minimum Gasteiger partial charge on any atom is -0.357 e. The molecule has 2 aliphatic heterocycles. The molecular formula is C29H29N3O4S. The van der Waals surface area contributed by atoms with Crippen LogP contribution in [0.2, 0.25) is 0 Å². The highest BCUT2D eigenvalue weighted by atomic mass is 32.2. The van der Waals surface area contributed by atoms with Gasteiger partial charge in [0.05, 0.1) is 30.1 Å². The molecule has 2 heterocycles. The summed E-state index contributed by atoms with van der Waals surface area (Å²) in [4.78, 5) is 44.6. The Morgan fingerprint density at radius 1 is 0.919 bits per heavy atom. The summed E-state index contributed by atoms with van der Waals surface area (Å²) in [5.74, 6) is -0.227. The van der Waals surface area contributed by atoms with Crippen molar-refractivity contribution in [2.45, 2.75) is 32.8 Å². The molecule has 0 aliphatic carbocycles. The summed E-state index contributed by atoms with van der Waals surface area (Å²) in [6.07, 6.45) is 0. The number of anilines is 3. The number of hydrogen-bond donors (Lipinski definition) is 0. The molecule has 0 radical (unpaired) electrons. The highest BCUT2D eigenvalue weighted by molar-refractivity contribution is 8.15. The molecule has 0 bridgehead atoms. The van der Waals surface area contributed by atoms with Crippen LogP contribution in [0.1, 0.15) is 35.3 Å². The number of benzene rings is 3. The lowest BCUT2D eigenvalue weighted by atomic mass is 10.0. The first-order valence-corrected chi connectivity index (χ1v) is 13.2. The Morgan fingerprint density at radius 3 is 2.41 bits per heavy atom. The lowest BCUT2D eigenvalue weighted by Gasteiger charge is -2.39. The van der Waals surface area contributed by atoms with Crippen molar-refractivity contribution in [3.8, 4) is 0 Å². The molecule has 1 fully saturated rings. The van der Waals surface area contributed by atoms with Crippen molar-refractivity contribution >= 4 is 45.9 Å². The van der Waals surface area contributed by atoms with E-state index in [1.54, 1.807) is 4.90 Å². The van der Waals surface area contributed by atoms with Crippen molar-refractivity contribution in [1.82, 2.24) is 4.90 Å². The number of nitrogens with zero attached hydrogens (tertiary/aromatic N) is 3. The van der Waals surface area contributed by atoms with Crippen molar-refractivity contribution in [1.29, 1.82) is 0 Å². The standard InChI is InChI=1S/C29H29N3O4S/c1-19(2)17-36-28-27(34)30(29(35)37-28)16-21-9-7-8-12-24(21)32-18-31(22-10-5-4-6-11-22)25-14-13-20(3)15-23(25)26(32)33/h4-15,19,28H,16-18H2,1-3H3. The minimum atomic E-state index is -0.831. The fourth-order valence-corrected chi connectivity index (χ4v) is 5.37. The molecule has 190 valence electrons. The molecule has 1 atom stereocenters. The summed E-state index contributed by atoms with van der Waals surface area (Å²) in [6.45, 7) is 6.72. The zero-order chi connectivity index (χ0) is 26.1. The smallest absolute Gasteiger partial charge is 0.291 e. The van der Waals surface area contributed by atoms with Gasteiger partial charge in [-0.05, 0) is 60.5 Å². The summed E-state index contributed by atoms with van der Waals surface area (Å²) in [7, 11) is 0. The van der Waals surface area contributed by atoms with E-state index in [1.807, 2.05) is 93.6 Å². The van der Waals surface area contributed by atoms with Crippen LogP contribution in [-0.4, -0.2) is 40.7 Å². The average Bonchev–Trinajstić information content (AvgIpc) is 3.16. The summed E-state index contributed by atoms with van der Waals surface area (Å²) in [5, 5.41) is -0.342. The van der Waals surface area contributed by atoms with Gasteiger partial charge in [-0.2, -0.15) is 0 Å². The van der Waals surface area contributed by atoms with Crippen molar-refractivity contribution in [3.63, 3.8) is 0 Å². The van der Waals surface area contributed by atoms with E-state index in [4.69, 9.17) is 4.74 Å². The van der Waals surface area contributed by atoms with Crippen molar-refractivity contribution in [2.24, 2.45) is 5.92 Å². The fraction of sp³-hybridized carbons (Fsp3) is 0.276. The predicted octanol–water partition coefficient (Wildman–Crippen LogP) is 5.95. The Balaban J connectivity index is 1.48. The van der Waals surface area contributed by atoms with Crippen molar-refractivity contribution in [3.05, 3.63) is 89.5 Å². The van der Waals surface area contributed by atoms with Gasteiger partial charge in [-0.1, -0.05) is 61.9 Å². The molecule has 8 heteroatoms. The van der Waals surface area contributed by atoms with Gasteiger partial charge in [0, 0.05) is 5.69 Å². The molecular weight excluding hydrogens is 486 g/mol. The Bertz CT molecular complexity index is 1340. The number of ether oxygens (including phenoxy) is 1. The van der Waals surface area contributed by atoms with Crippen LogP contribution in [0.4, 0.5) is 21.9 Å². The van der Waals surface area contributed by atoms with Crippen LogP contribution in [0, 0.1) is 12.8 Å². The molecule has 2 aliphatic rings. The molecule has 1 saturated heterocycles. The third kappa shape index (κ3) is 4.99. The first-order chi connectivity index (χ1) is 17.8. The van der Waals surface area contributed by atoms with Gasteiger partial charge in [0.2, 0.25) is 0 Å². The molecule has 3 aromatic rings. The van der Waals surface area contributed by atoms with Gasteiger partial charge in [0.1, 0.15) is 6.67 Å². The Kier molecular flexibility index (Phi) is 7.04. The van der Waals surface area contributed by atoms with Gasteiger partial charge < -0.3 is 9.64 Å². The van der Waals surface area contributed by atoms with Gasteiger partial charge in [0.25, 0.3) is 17.1 Å². The third-order valence-electron chi connectivity index (χ3n) is 6.36. The average molecular weight is 516 g/mol. The monoisotopic (exact) mass is 515 g/mol. The molecule has 0 spiro atoms. The number of carbonyl (C=O) groups is 3. The third-order valence-corrected chi connectivity index (χ3v) is 7.33. The lowest BCUT2D eigenvalue weighted by molar-refractivity contribution is -0.134. The second kappa shape index (κ2) is 10.4. The molecule has 0 aromatic heterocycles. The predicted molar refractivity (Wildman–Crippen MR) is 146 cm³/mol. The molecule has 5 rings (SSSR count). The minimum absolute atomic E-state index is 0.0676. The zero-order valence-electron chi connectivity index (χ0n) is 21.1. The van der Waals surface area contributed by atoms with Crippen LogP contribution in [0.25, 0.3) is 0 Å². The Hall–Kier alpha value is -3.62. The van der Waals surface area contributed by atoms with Crippen LogP contribution in [0.5, 0.6) is 0 Å². The molecule has 3 amide bonds. The maximum absolute atomic E-state index is 13.8. The van der Waals surface area contributed by atoms with Gasteiger partial charge >= 0.3 is 0 Å². The van der Waals surface area contributed by atoms with E-state index in [0.29, 0.717) is 30.1 Å². The van der Waals surface area contributed by atoms with E-state index in [1.165, 1.54) is 4.90 Å². The zero-order valence-corrected chi connectivity index (χ0v) is 21.9. The fourth-order valence-electron chi connectivity index (χ4n) is 4.53. The number of aryl methyl sites for hydroxylation is 1. The quantitative estimate of drug-likeness (QED) is 0.388. The second-order valence-electron chi connectivity index (χ2n) is 9.65. The van der Waals surface area contributed by atoms with Gasteiger partial charge in [-0.3, -0.25) is 24.2 Å². The highest BCUT2D eigenvalue weighted by Gasteiger charge is 2.41. The number of imide groups is 1. The van der Waals surface area contributed by atoms with Crippen LogP contribution >= 0.6 is 11.8 Å². The molecule has 3 aromatic carbocycles. The van der Waals surface area contributed by atoms with Crippen LogP contribution < -0.4 is 9.80 Å². The summed E-state index contributed by atoms with van der Waals surface area (Å²) in [5.41, 5.74) is 3.96. The van der Waals surface area contributed by atoms with Crippen LogP contribution in [0.15, 0.2) is 72.8 Å². The second-order valence-corrected chi connectivity index (χ2v) is 10.7. The molecule has 0 saturated carbocycles. The SMILES string of the molecule is Cc1ccc2c(c1)C(=O)N(c1ccccc1CN1C(=O)SC(OCC(C)C)C1=O)CN2c1ccccc1. The number of hydrogen-bond acceptors (Lipinski definition) is 6. The van der Waals surface area contributed by atoms with Crippen molar-refractivity contribution < 1.29 is 19.1 Å². The van der Waals surface area contributed by atoms with E-state index in [2.05, 4.69) is 4.90 Å². The van der Waals surface area contributed by atoms with Gasteiger partial charge in [-0.25, -0.2) is 0 Å². The highest BCUT2D eigenvalue weighted by Crippen LogP contribution is 2.38. The Morgan fingerprint density at radius 2 is 1.65 bits per heavy atom. The van der Waals surface area contributed by atoms with Crippen LogP contribution in [0.3, 0.4) is 0 Å². The number of thioether (sulfide) groups is 1. The largest absolute Gasteiger partial charge is 0.357 e. The van der Waals surface area contributed by atoms with E-state index in [0.717, 1.165) is 28.7 Å². The maximum Gasteiger partial charge on any atom is 0.291 e. The topological polar surface area (TPSA) is 70.2 Å². The molecule has 7 nitrogen and oxygen atoms in total. The summed E-state index contributed by atoms with van der Waals surface area (Å²) >= 11 is 0.901. The molecule has 37 heavy (non-hydrogen) atoms. The van der Waals surface area contributed by atoms with Crippen LogP contribution in [-0.2, 0) is 16.1 Å².